The number of nitrogens with one attached hydrogen (secondary N) is 2. The number of ether oxygens (including phenoxy) is 3. The summed E-state index contributed by atoms with van der Waals surface area (Å²) in [6.07, 6.45) is 12.1. The molecule has 15 heteroatoms. The van der Waals surface area contributed by atoms with Gasteiger partial charge in [-0.25, -0.2) is 14.4 Å². The van der Waals surface area contributed by atoms with Crippen molar-refractivity contribution in [3.8, 4) is 22.9 Å². The highest BCUT2D eigenvalue weighted by Crippen LogP contribution is 2.43. The summed E-state index contributed by atoms with van der Waals surface area (Å²) in [5, 5.41) is 11.2. The molecule has 1 atom stereocenters. The Hall–Kier alpha value is -5.02. The van der Waals surface area contributed by atoms with E-state index in [9.17, 15) is 14.0 Å². The van der Waals surface area contributed by atoms with E-state index in [1.165, 1.54) is 18.9 Å². The monoisotopic (exact) mass is 821 g/mol. The van der Waals surface area contributed by atoms with Gasteiger partial charge in [-0.05, 0) is 95.2 Å². The highest BCUT2D eigenvalue weighted by Gasteiger charge is 2.42. The highest BCUT2D eigenvalue weighted by molar-refractivity contribution is 6.02. The van der Waals surface area contributed by atoms with Crippen molar-refractivity contribution >= 4 is 34.2 Å². The number of rotatable bonds is 11. The number of benzene rings is 2. The predicted octanol–water partition coefficient (Wildman–Crippen LogP) is 5.70. The van der Waals surface area contributed by atoms with Crippen molar-refractivity contribution in [2.24, 2.45) is 5.92 Å². The van der Waals surface area contributed by atoms with Crippen LogP contribution in [0.1, 0.15) is 87.1 Å². The number of methoxy groups -OCH3 is 1. The van der Waals surface area contributed by atoms with Crippen molar-refractivity contribution in [2.45, 2.75) is 102 Å². The van der Waals surface area contributed by atoms with E-state index in [4.69, 9.17) is 14.2 Å². The Balaban J connectivity index is 0.677. The predicted molar refractivity (Wildman–Crippen MR) is 225 cm³/mol. The van der Waals surface area contributed by atoms with Crippen LogP contribution in [0.5, 0.6) is 11.5 Å². The first-order chi connectivity index (χ1) is 29.2. The van der Waals surface area contributed by atoms with Crippen molar-refractivity contribution in [3.05, 3.63) is 53.6 Å². The number of hydrogen-bond acceptors (Lipinski definition) is 11. The second kappa shape index (κ2) is 16.1. The van der Waals surface area contributed by atoms with Gasteiger partial charge < -0.3 is 34.2 Å². The number of fused-ring (bicyclic) bond motifs is 2. The second-order valence-electron chi connectivity index (χ2n) is 18.0. The number of amides is 2. The average Bonchev–Trinajstić information content (AvgIpc) is 3.71. The van der Waals surface area contributed by atoms with Gasteiger partial charge in [0.15, 0.2) is 11.6 Å². The number of aromatic nitrogens is 4. The first-order valence-corrected chi connectivity index (χ1v) is 22.1. The van der Waals surface area contributed by atoms with E-state index in [-0.39, 0.29) is 29.3 Å². The zero-order valence-electron chi connectivity index (χ0n) is 34.8. The lowest BCUT2D eigenvalue weighted by molar-refractivity contribution is -0.127. The number of carbonyl (C=O) groups excluding carboxylic acids is 2. The van der Waals surface area contributed by atoms with Gasteiger partial charge in [0.1, 0.15) is 35.2 Å². The summed E-state index contributed by atoms with van der Waals surface area (Å²) >= 11 is 0. The number of anilines is 2. The molecule has 10 rings (SSSR count). The number of aromatic amines is 1. The van der Waals surface area contributed by atoms with E-state index in [1.807, 2.05) is 25.1 Å². The maximum absolute atomic E-state index is 14.8. The maximum Gasteiger partial charge on any atom is 0.255 e. The quantitative estimate of drug-likeness (QED) is 0.193. The van der Waals surface area contributed by atoms with E-state index in [0.29, 0.717) is 54.0 Å². The minimum Gasteiger partial charge on any atom is -0.494 e. The zero-order chi connectivity index (χ0) is 41.0. The van der Waals surface area contributed by atoms with Crippen LogP contribution in [0.2, 0.25) is 0 Å². The van der Waals surface area contributed by atoms with Crippen molar-refractivity contribution in [1.82, 2.24) is 35.3 Å². The van der Waals surface area contributed by atoms with E-state index in [0.717, 1.165) is 119 Å². The Bertz CT molecular complexity index is 2240. The van der Waals surface area contributed by atoms with Crippen molar-refractivity contribution in [3.63, 3.8) is 0 Å². The molecule has 0 radical (unpaired) electrons. The third-order valence-electron chi connectivity index (χ3n) is 13.9. The van der Waals surface area contributed by atoms with E-state index in [1.54, 1.807) is 24.4 Å². The molecule has 2 aromatic carbocycles. The van der Waals surface area contributed by atoms with Gasteiger partial charge in [0.05, 0.1) is 42.8 Å². The maximum atomic E-state index is 14.8. The lowest BCUT2D eigenvalue weighted by Crippen LogP contribution is -2.50. The van der Waals surface area contributed by atoms with Crippen LogP contribution in [-0.2, 0) is 16.1 Å². The molecule has 6 aliphatic rings. The molecule has 3 saturated heterocycles. The average molecular weight is 822 g/mol. The summed E-state index contributed by atoms with van der Waals surface area (Å²) in [6.45, 7) is 9.72. The summed E-state index contributed by atoms with van der Waals surface area (Å²) in [5.41, 5.74) is 4.25. The van der Waals surface area contributed by atoms with Crippen LogP contribution in [0, 0.1) is 11.7 Å². The van der Waals surface area contributed by atoms with E-state index < -0.39 is 11.9 Å². The third-order valence-corrected chi connectivity index (χ3v) is 13.9. The molecule has 4 aliphatic heterocycles. The van der Waals surface area contributed by atoms with Crippen molar-refractivity contribution in [1.29, 1.82) is 0 Å². The number of carbonyl (C=O) groups is 2. The highest BCUT2D eigenvalue weighted by atomic mass is 19.1. The number of piperidine rings is 2. The molecule has 2 aliphatic carbocycles. The Labute approximate surface area is 350 Å². The van der Waals surface area contributed by atoms with Crippen LogP contribution >= 0.6 is 0 Å². The van der Waals surface area contributed by atoms with Crippen LogP contribution in [0.15, 0.2) is 36.7 Å². The number of H-pyrrole nitrogens is 1. The molecule has 2 N–H and O–H groups in total. The molecule has 0 spiro atoms. The third kappa shape index (κ3) is 7.74. The summed E-state index contributed by atoms with van der Waals surface area (Å²) < 4.78 is 33.5. The molecule has 14 nitrogen and oxygen atoms in total. The first-order valence-electron chi connectivity index (χ1n) is 22.1. The number of piperazine rings is 1. The van der Waals surface area contributed by atoms with Crippen molar-refractivity contribution < 1.29 is 28.2 Å². The molecule has 60 heavy (non-hydrogen) atoms. The lowest BCUT2D eigenvalue weighted by Gasteiger charge is -2.40. The Morgan fingerprint density at radius 3 is 2.43 bits per heavy atom. The Morgan fingerprint density at radius 1 is 0.900 bits per heavy atom. The molecule has 5 fully saturated rings. The molecule has 6 heterocycles. The number of hydrogen-bond donors (Lipinski definition) is 2. The molecule has 2 amide bonds. The fraction of sp³-hybridized carbons (Fsp3) is 0.578. The van der Waals surface area contributed by atoms with Gasteiger partial charge in [-0.2, -0.15) is 5.10 Å². The molecule has 0 bridgehead atoms. The van der Waals surface area contributed by atoms with Gasteiger partial charge in [0.25, 0.3) is 5.91 Å². The van der Waals surface area contributed by atoms with Crippen LogP contribution in [0.3, 0.4) is 0 Å². The normalized spacial score (nSPS) is 24.8. The Morgan fingerprint density at radius 2 is 1.68 bits per heavy atom. The number of halogens is 1. The van der Waals surface area contributed by atoms with Gasteiger partial charge in [-0.3, -0.25) is 19.6 Å². The van der Waals surface area contributed by atoms with Crippen LogP contribution in [0.4, 0.5) is 15.9 Å². The van der Waals surface area contributed by atoms with Gasteiger partial charge in [-0.15, -0.1) is 0 Å². The van der Waals surface area contributed by atoms with Crippen LogP contribution in [0.25, 0.3) is 22.3 Å². The summed E-state index contributed by atoms with van der Waals surface area (Å²) in [7, 11) is 1.69. The Kier molecular flexibility index (Phi) is 10.5. The van der Waals surface area contributed by atoms with Crippen LogP contribution in [-0.4, -0.2) is 125 Å². The zero-order valence-corrected chi connectivity index (χ0v) is 34.8. The SMILES string of the molecule is COc1c(N2CCN(CC3CCC(OC4CCN(c5cc(-c6n[nH]c7cc(F)c(OC8(C)CC8)cc67)ncn5)CC4)CC3)CC2)ccc2c1CN(C1CCCNC1=O)C2=O. The lowest BCUT2D eigenvalue weighted by atomic mass is 9.86. The summed E-state index contributed by atoms with van der Waals surface area (Å²) in [4.78, 5) is 44.1. The largest absolute Gasteiger partial charge is 0.494 e. The minimum absolute atomic E-state index is 0.0587. The van der Waals surface area contributed by atoms with E-state index in [2.05, 4.69) is 40.2 Å². The van der Waals surface area contributed by atoms with Crippen molar-refractivity contribution in [2.75, 3.05) is 69.3 Å². The fourth-order valence-electron chi connectivity index (χ4n) is 10.1. The van der Waals surface area contributed by atoms with Crippen LogP contribution < -0.4 is 24.6 Å². The standard InChI is InChI=1S/C45H56FN9O5/c1-45(13-14-45)60-39-22-32-35(23-34(39)46)50-51-41(32)36-24-40(49-27-48-36)54-16-11-30(12-17-54)59-29-7-5-28(6-8-29)25-52-18-20-53(21-19-52)37-10-9-31-33(42(37)58-2)26-55(44(31)57)38-4-3-15-47-43(38)56/h9-10,22-24,27-30,38H,3-8,11-21,25-26H2,1-2H3,(H,47,56)(H,50,51). The number of nitrogens with zero attached hydrogens (tertiary/aromatic N) is 7. The van der Waals surface area contributed by atoms with Gasteiger partial charge in [0.2, 0.25) is 5.91 Å². The first kappa shape index (κ1) is 39.1. The second-order valence-corrected chi connectivity index (χ2v) is 18.0. The fourth-order valence-corrected chi connectivity index (χ4v) is 10.1. The molecule has 318 valence electrons. The molecule has 2 saturated carbocycles. The molecular weight excluding hydrogens is 766 g/mol. The van der Waals surface area contributed by atoms with E-state index >= 15 is 0 Å². The topological polar surface area (TPSA) is 141 Å². The summed E-state index contributed by atoms with van der Waals surface area (Å²) in [5.74, 6) is 2.03. The van der Waals surface area contributed by atoms with Gasteiger partial charge in [-0.1, -0.05) is 0 Å². The van der Waals surface area contributed by atoms with Gasteiger partial charge >= 0.3 is 0 Å². The molecular formula is C45H56FN9O5. The molecule has 1 unspecified atom stereocenters. The molecule has 2 aromatic heterocycles. The summed E-state index contributed by atoms with van der Waals surface area (Å²) in [6, 6.07) is 8.70. The molecule has 4 aromatic rings. The van der Waals surface area contributed by atoms with Gasteiger partial charge in [0, 0.05) is 81.0 Å². The smallest absolute Gasteiger partial charge is 0.255 e. The minimum atomic E-state index is -0.417.